The number of rotatable bonds is 6. The molecule has 21 heavy (non-hydrogen) atoms. The van der Waals surface area contributed by atoms with E-state index in [0.29, 0.717) is 4.90 Å². The van der Waals surface area contributed by atoms with Gasteiger partial charge in [-0.25, -0.2) is 8.42 Å². The molecule has 0 amide bonds. The van der Waals surface area contributed by atoms with Crippen molar-refractivity contribution in [3.8, 4) is 0 Å². The first-order valence-corrected chi connectivity index (χ1v) is 9.62. The highest BCUT2D eigenvalue weighted by Gasteiger charge is 2.11. The van der Waals surface area contributed by atoms with Gasteiger partial charge >= 0.3 is 0 Å². The lowest BCUT2D eigenvalue weighted by Gasteiger charge is -2.27. The van der Waals surface area contributed by atoms with Crippen LogP contribution in [0.2, 0.25) is 0 Å². The van der Waals surface area contributed by atoms with E-state index in [-0.39, 0.29) is 6.04 Å². The van der Waals surface area contributed by atoms with Crippen molar-refractivity contribution in [2.24, 2.45) is 0 Å². The number of nitrogens with one attached hydrogen (secondary N) is 1. The summed E-state index contributed by atoms with van der Waals surface area (Å²) in [5.41, 5.74) is 1.13. The molecule has 1 atom stereocenters. The minimum Gasteiger partial charge on any atom is -0.309 e. The number of likely N-dealkylation sites (tertiary alicyclic amines) is 1. The molecule has 0 aromatic heterocycles. The summed E-state index contributed by atoms with van der Waals surface area (Å²) in [5, 5.41) is 3.51. The van der Waals surface area contributed by atoms with Gasteiger partial charge in [-0.15, -0.1) is 0 Å². The molecule has 1 fully saturated rings. The Morgan fingerprint density at radius 1 is 1.14 bits per heavy atom. The first kappa shape index (κ1) is 16.5. The van der Waals surface area contributed by atoms with Crippen LogP contribution >= 0.6 is 0 Å². The Morgan fingerprint density at radius 2 is 1.76 bits per heavy atom. The Balaban J connectivity index is 1.81. The van der Waals surface area contributed by atoms with E-state index >= 15 is 0 Å². The van der Waals surface area contributed by atoms with Crippen molar-refractivity contribution in [3.63, 3.8) is 0 Å². The third-order valence-electron chi connectivity index (χ3n) is 4.14. The summed E-state index contributed by atoms with van der Waals surface area (Å²) < 4.78 is 22.9. The van der Waals surface area contributed by atoms with E-state index in [1.54, 1.807) is 12.1 Å². The van der Waals surface area contributed by atoms with Crippen LogP contribution in [0.25, 0.3) is 0 Å². The van der Waals surface area contributed by atoms with Crippen LogP contribution in [0.3, 0.4) is 0 Å². The highest BCUT2D eigenvalue weighted by atomic mass is 32.2. The molecule has 0 saturated carbocycles. The summed E-state index contributed by atoms with van der Waals surface area (Å²) in [6, 6.07) is 7.41. The summed E-state index contributed by atoms with van der Waals surface area (Å²) in [6.45, 7) is 6.62. The van der Waals surface area contributed by atoms with E-state index < -0.39 is 9.84 Å². The molecule has 118 valence electrons. The first-order chi connectivity index (χ1) is 9.97. The maximum atomic E-state index is 11.4. The molecule has 0 radical (unpaired) electrons. The zero-order valence-corrected chi connectivity index (χ0v) is 13.8. The SMILES string of the molecule is CC(NCCN1CCCCC1)c1ccc(S(C)(=O)=O)cc1. The fraction of sp³-hybridized carbons (Fsp3) is 0.625. The molecule has 1 aromatic carbocycles. The van der Waals surface area contributed by atoms with E-state index in [4.69, 9.17) is 0 Å². The lowest BCUT2D eigenvalue weighted by molar-refractivity contribution is 0.227. The molecular formula is C16H26N2O2S. The smallest absolute Gasteiger partial charge is 0.175 e. The zero-order chi connectivity index (χ0) is 15.3. The van der Waals surface area contributed by atoms with Crippen LogP contribution in [0, 0.1) is 0 Å². The molecule has 1 unspecified atom stereocenters. The molecule has 2 rings (SSSR count). The van der Waals surface area contributed by atoms with Gasteiger partial charge in [0, 0.05) is 25.4 Å². The van der Waals surface area contributed by atoms with Gasteiger partial charge in [0.05, 0.1) is 4.90 Å². The number of piperidine rings is 1. The minimum atomic E-state index is -3.10. The predicted molar refractivity (Wildman–Crippen MR) is 86.3 cm³/mol. The second-order valence-corrected chi connectivity index (χ2v) is 7.94. The highest BCUT2D eigenvalue weighted by Crippen LogP contribution is 2.16. The van der Waals surface area contributed by atoms with Crippen molar-refractivity contribution in [2.45, 2.75) is 37.1 Å². The van der Waals surface area contributed by atoms with Gasteiger partial charge in [0.25, 0.3) is 0 Å². The van der Waals surface area contributed by atoms with Crippen molar-refractivity contribution in [1.29, 1.82) is 0 Å². The van der Waals surface area contributed by atoms with Crippen molar-refractivity contribution in [1.82, 2.24) is 10.2 Å². The van der Waals surface area contributed by atoms with Gasteiger partial charge < -0.3 is 10.2 Å². The third-order valence-corrected chi connectivity index (χ3v) is 5.26. The summed E-state index contributed by atoms with van der Waals surface area (Å²) in [6.07, 6.45) is 5.25. The van der Waals surface area contributed by atoms with Gasteiger partial charge in [0.15, 0.2) is 9.84 Å². The molecule has 0 spiro atoms. The van der Waals surface area contributed by atoms with E-state index in [9.17, 15) is 8.42 Å². The molecular weight excluding hydrogens is 284 g/mol. The van der Waals surface area contributed by atoms with Gasteiger partial charge in [0.1, 0.15) is 0 Å². The van der Waals surface area contributed by atoms with Crippen LogP contribution in [0.5, 0.6) is 0 Å². The van der Waals surface area contributed by atoms with Gasteiger partial charge in [-0.2, -0.15) is 0 Å². The molecule has 1 aliphatic rings. The summed E-state index contributed by atoms with van der Waals surface area (Å²) >= 11 is 0. The summed E-state index contributed by atoms with van der Waals surface area (Å²) in [5.74, 6) is 0. The van der Waals surface area contributed by atoms with Crippen molar-refractivity contribution in [3.05, 3.63) is 29.8 Å². The normalized spacial score (nSPS) is 18.6. The van der Waals surface area contributed by atoms with Crippen LogP contribution in [-0.2, 0) is 9.84 Å². The second kappa shape index (κ2) is 7.38. The number of benzene rings is 1. The van der Waals surface area contributed by atoms with Crippen molar-refractivity contribution >= 4 is 9.84 Å². The molecule has 4 nitrogen and oxygen atoms in total. The molecule has 1 N–H and O–H groups in total. The van der Waals surface area contributed by atoms with Crippen LogP contribution in [-0.4, -0.2) is 45.8 Å². The number of hydrogen-bond donors (Lipinski definition) is 1. The molecule has 1 heterocycles. The van der Waals surface area contributed by atoms with Gasteiger partial charge in [0.2, 0.25) is 0 Å². The average Bonchev–Trinajstić information content (AvgIpc) is 2.47. The topological polar surface area (TPSA) is 49.4 Å². The predicted octanol–water partition coefficient (Wildman–Crippen LogP) is 2.23. The summed E-state index contributed by atoms with van der Waals surface area (Å²) in [7, 11) is -3.10. The lowest BCUT2D eigenvalue weighted by atomic mass is 10.1. The monoisotopic (exact) mass is 310 g/mol. The zero-order valence-electron chi connectivity index (χ0n) is 13.0. The number of nitrogens with zero attached hydrogens (tertiary/aromatic N) is 1. The van der Waals surface area contributed by atoms with Gasteiger partial charge in [-0.05, 0) is 50.6 Å². The Morgan fingerprint density at radius 3 is 2.33 bits per heavy atom. The molecule has 0 bridgehead atoms. The Kier molecular flexibility index (Phi) is 5.79. The number of hydrogen-bond acceptors (Lipinski definition) is 4. The maximum Gasteiger partial charge on any atom is 0.175 e. The Labute approximate surface area is 128 Å². The molecule has 1 aliphatic heterocycles. The van der Waals surface area contributed by atoms with Gasteiger partial charge in [-0.1, -0.05) is 18.6 Å². The van der Waals surface area contributed by atoms with Crippen molar-refractivity contribution in [2.75, 3.05) is 32.4 Å². The van der Waals surface area contributed by atoms with Crippen LogP contribution in [0.15, 0.2) is 29.2 Å². The largest absolute Gasteiger partial charge is 0.309 e. The molecule has 5 heteroatoms. The van der Waals surface area contributed by atoms with Crippen LogP contribution < -0.4 is 5.32 Å². The Bertz CT molecular complexity index is 534. The lowest BCUT2D eigenvalue weighted by Crippen LogP contribution is -2.36. The summed E-state index contributed by atoms with van der Waals surface area (Å²) in [4.78, 5) is 2.89. The average molecular weight is 310 g/mol. The van der Waals surface area contributed by atoms with E-state index in [0.717, 1.165) is 18.7 Å². The highest BCUT2D eigenvalue weighted by molar-refractivity contribution is 7.90. The van der Waals surface area contributed by atoms with E-state index in [1.807, 2.05) is 12.1 Å². The molecule has 1 saturated heterocycles. The standard InChI is InChI=1S/C16H26N2O2S/c1-14(17-10-13-18-11-4-3-5-12-18)15-6-8-16(9-7-15)21(2,19)20/h6-9,14,17H,3-5,10-13H2,1-2H3. The number of sulfone groups is 1. The van der Waals surface area contributed by atoms with Crippen LogP contribution in [0.4, 0.5) is 0 Å². The Hall–Kier alpha value is -0.910. The fourth-order valence-corrected chi connectivity index (χ4v) is 3.37. The van der Waals surface area contributed by atoms with Crippen molar-refractivity contribution < 1.29 is 8.42 Å². The van der Waals surface area contributed by atoms with E-state index in [2.05, 4.69) is 17.1 Å². The van der Waals surface area contributed by atoms with Crippen LogP contribution in [0.1, 0.15) is 37.8 Å². The second-order valence-electron chi connectivity index (χ2n) is 5.92. The first-order valence-electron chi connectivity index (χ1n) is 7.72. The molecule has 1 aromatic rings. The quantitative estimate of drug-likeness (QED) is 0.875. The third kappa shape index (κ3) is 5.09. The molecule has 0 aliphatic carbocycles. The van der Waals surface area contributed by atoms with Gasteiger partial charge in [-0.3, -0.25) is 0 Å². The fourth-order valence-electron chi connectivity index (χ4n) is 2.74. The maximum absolute atomic E-state index is 11.4. The van der Waals surface area contributed by atoms with E-state index in [1.165, 1.54) is 38.6 Å². The minimum absolute atomic E-state index is 0.239.